The molecule has 0 spiro atoms. The van der Waals surface area contributed by atoms with Gasteiger partial charge in [0.05, 0.1) is 18.4 Å². The lowest BCUT2D eigenvalue weighted by Gasteiger charge is -2.33. The highest BCUT2D eigenvalue weighted by atomic mass is 35.5. The number of likely N-dealkylation sites (tertiary alicyclic amines) is 1. The number of anilines is 1. The van der Waals surface area contributed by atoms with E-state index in [1.807, 2.05) is 19.1 Å². The summed E-state index contributed by atoms with van der Waals surface area (Å²) in [5.74, 6) is -1.04. The smallest absolute Gasteiger partial charge is 0.310 e. The Morgan fingerprint density at radius 1 is 1.26 bits per heavy atom. The number of aryl methyl sites for hydroxylation is 1. The fourth-order valence-electron chi connectivity index (χ4n) is 3.76. The molecule has 2 heterocycles. The van der Waals surface area contributed by atoms with Gasteiger partial charge in [-0.05, 0) is 44.4 Å². The minimum atomic E-state index is -0.390. The number of esters is 1. The maximum absolute atomic E-state index is 12.9. The fraction of sp³-hybridized carbons (Fsp3) is 0.550. The number of rotatable bonds is 4. The molecule has 6 nitrogen and oxygen atoms in total. The van der Waals surface area contributed by atoms with Crippen molar-refractivity contribution in [3.8, 4) is 0 Å². The second-order valence-electron chi connectivity index (χ2n) is 7.21. The van der Waals surface area contributed by atoms with Gasteiger partial charge in [-0.2, -0.15) is 0 Å². The van der Waals surface area contributed by atoms with Gasteiger partial charge in [-0.15, -0.1) is 0 Å². The summed E-state index contributed by atoms with van der Waals surface area (Å²) in [5, 5.41) is 0.600. The first kappa shape index (κ1) is 19.7. The molecule has 3 rings (SSSR count). The molecule has 146 valence electrons. The molecule has 2 aliphatic heterocycles. The molecule has 0 radical (unpaired) electrons. The Bertz CT molecular complexity index is 751. The van der Waals surface area contributed by atoms with Crippen LogP contribution in [0.3, 0.4) is 0 Å². The van der Waals surface area contributed by atoms with E-state index in [9.17, 15) is 14.4 Å². The largest absolute Gasteiger partial charge is 0.466 e. The van der Waals surface area contributed by atoms with Crippen LogP contribution in [0.5, 0.6) is 0 Å². The standard InChI is InChI=1S/C20H25ClN2O4/c1-3-27-20(26)14-5-4-8-22(11-14)19(25)15-9-18(24)23(12-15)16-7-6-13(2)17(21)10-16/h6-7,10,14-15H,3-5,8-9,11-12H2,1-2H3/t14-,15-/m0/s1. The van der Waals surface area contributed by atoms with Gasteiger partial charge in [-0.1, -0.05) is 17.7 Å². The van der Waals surface area contributed by atoms with Crippen molar-refractivity contribution in [3.63, 3.8) is 0 Å². The van der Waals surface area contributed by atoms with E-state index in [0.29, 0.717) is 37.0 Å². The lowest BCUT2D eigenvalue weighted by molar-refractivity contribution is -0.152. The third-order valence-corrected chi connectivity index (χ3v) is 5.70. The monoisotopic (exact) mass is 392 g/mol. The van der Waals surface area contributed by atoms with Gasteiger partial charge >= 0.3 is 5.97 Å². The van der Waals surface area contributed by atoms with Crippen molar-refractivity contribution in [2.24, 2.45) is 11.8 Å². The molecule has 1 aromatic carbocycles. The van der Waals surface area contributed by atoms with E-state index in [0.717, 1.165) is 18.4 Å². The zero-order valence-electron chi connectivity index (χ0n) is 15.7. The van der Waals surface area contributed by atoms with E-state index in [1.165, 1.54) is 0 Å². The summed E-state index contributed by atoms with van der Waals surface area (Å²) in [7, 11) is 0. The Morgan fingerprint density at radius 3 is 2.74 bits per heavy atom. The molecule has 27 heavy (non-hydrogen) atoms. The van der Waals surface area contributed by atoms with Crippen molar-refractivity contribution in [2.45, 2.75) is 33.1 Å². The van der Waals surface area contributed by atoms with Crippen LogP contribution >= 0.6 is 11.6 Å². The predicted octanol–water partition coefficient (Wildman–Crippen LogP) is 2.80. The van der Waals surface area contributed by atoms with E-state index in [1.54, 1.807) is 22.8 Å². The summed E-state index contributed by atoms with van der Waals surface area (Å²) in [5.41, 5.74) is 1.66. The highest BCUT2D eigenvalue weighted by Crippen LogP contribution is 2.30. The van der Waals surface area contributed by atoms with Crippen LogP contribution in [0.25, 0.3) is 0 Å². The predicted molar refractivity (Wildman–Crippen MR) is 103 cm³/mol. The summed E-state index contributed by atoms with van der Waals surface area (Å²) in [6.07, 6.45) is 1.69. The van der Waals surface area contributed by atoms with E-state index in [-0.39, 0.29) is 30.1 Å². The second kappa shape index (κ2) is 8.30. The number of benzene rings is 1. The molecule has 2 amide bonds. The quantitative estimate of drug-likeness (QED) is 0.739. The molecule has 2 aliphatic rings. The van der Waals surface area contributed by atoms with Crippen LogP contribution < -0.4 is 4.90 Å². The van der Waals surface area contributed by atoms with E-state index in [4.69, 9.17) is 16.3 Å². The van der Waals surface area contributed by atoms with E-state index < -0.39 is 5.92 Å². The van der Waals surface area contributed by atoms with Gasteiger partial charge in [-0.25, -0.2) is 0 Å². The zero-order valence-corrected chi connectivity index (χ0v) is 16.5. The summed E-state index contributed by atoms with van der Waals surface area (Å²) < 4.78 is 5.10. The first-order valence-corrected chi connectivity index (χ1v) is 9.80. The number of hydrogen-bond acceptors (Lipinski definition) is 4. The molecule has 0 aliphatic carbocycles. The molecule has 0 saturated carbocycles. The molecule has 0 unspecified atom stereocenters. The molecule has 0 aromatic heterocycles. The molecular formula is C20H25ClN2O4. The number of amides is 2. The van der Waals surface area contributed by atoms with Crippen molar-refractivity contribution in [1.82, 2.24) is 4.90 Å². The maximum Gasteiger partial charge on any atom is 0.310 e. The molecule has 2 saturated heterocycles. The van der Waals surface area contributed by atoms with Crippen LogP contribution in [0.15, 0.2) is 18.2 Å². The summed E-state index contributed by atoms with van der Waals surface area (Å²) in [4.78, 5) is 40.7. The van der Waals surface area contributed by atoms with Crippen molar-refractivity contribution in [3.05, 3.63) is 28.8 Å². The average Bonchev–Trinajstić information content (AvgIpc) is 3.05. The Kier molecular flexibility index (Phi) is 6.05. The number of carbonyl (C=O) groups excluding carboxylic acids is 3. The van der Waals surface area contributed by atoms with Crippen LogP contribution in [-0.4, -0.2) is 48.9 Å². The van der Waals surface area contributed by atoms with E-state index in [2.05, 4.69) is 0 Å². The molecule has 2 atom stereocenters. The lowest BCUT2D eigenvalue weighted by atomic mass is 9.96. The van der Waals surface area contributed by atoms with Crippen LogP contribution in [0.1, 0.15) is 31.7 Å². The Morgan fingerprint density at radius 2 is 2.04 bits per heavy atom. The minimum Gasteiger partial charge on any atom is -0.466 e. The van der Waals surface area contributed by atoms with Crippen LogP contribution in [0.2, 0.25) is 5.02 Å². The SMILES string of the molecule is CCOC(=O)[C@H]1CCCN(C(=O)[C@H]2CC(=O)N(c3ccc(C)c(Cl)c3)C2)C1. The zero-order chi connectivity index (χ0) is 19.6. The van der Waals surface area contributed by atoms with Gasteiger partial charge in [0.1, 0.15) is 0 Å². The van der Waals surface area contributed by atoms with Crippen molar-refractivity contribution >= 4 is 35.1 Å². The number of carbonyl (C=O) groups is 3. The third-order valence-electron chi connectivity index (χ3n) is 5.29. The van der Waals surface area contributed by atoms with Crippen LogP contribution in [0.4, 0.5) is 5.69 Å². The summed E-state index contributed by atoms with van der Waals surface area (Å²) in [6, 6.07) is 5.48. The molecule has 7 heteroatoms. The topological polar surface area (TPSA) is 66.9 Å². The van der Waals surface area contributed by atoms with Crippen molar-refractivity contribution in [2.75, 3.05) is 31.1 Å². The first-order valence-electron chi connectivity index (χ1n) is 9.42. The Labute approximate surface area is 164 Å². The molecule has 2 fully saturated rings. The Balaban J connectivity index is 1.66. The van der Waals surface area contributed by atoms with Gasteiger partial charge in [0.15, 0.2) is 0 Å². The lowest BCUT2D eigenvalue weighted by Crippen LogP contribution is -2.45. The third kappa shape index (κ3) is 4.26. The van der Waals surface area contributed by atoms with Crippen LogP contribution in [-0.2, 0) is 19.1 Å². The van der Waals surface area contributed by atoms with Gasteiger partial charge < -0.3 is 14.5 Å². The summed E-state index contributed by atoms with van der Waals surface area (Å²) in [6.45, 7) is 5.36. The van der Waals surface area contributed by atoms with Crippen LogP contribution in [0, 0.1) is 18.8 Å². The number of ether oxygens (including phenoxy) is 1. The molecular weight excluding hydrogens is 368 g/mol. The van der Waals surface area contributed by atoms with E-state index >= 15 is 0 Å². The van der Waals surface area contributed by atoms with Gasteiger partial charge in [0.2, 0.25) is 11.8 Å². The number of piperidine rings is 1. The molecule has 0 N–H and O–H groups in total. The first-order chi connectivity index (χ1) is 12.9. The van der Waals surface area contributed by atoms with Gasteiger partial charge in [0.25, 0.3) is 0 Å². The minimum absolute atomic E-state index is 0.0574. The molecule has 0 bridgehead atoms. The normalized spacial score (nSPS) is 22.9. The fourth-order valence-corrected chi connectivity index (χ4v) is 3.93. The highest BCUT2D eigenvalue weighted by molar-refractivity contribution is 6.31. The maximum atomic E-state index is 12.9. The molecule has 1 aromatic rings. The summed E-state index contributed by atoms with van der Waals surface area (Å²) >= 11 is 6.18. The highest BCUT2D eigenvalue weighted by Gasteiger charge is 2.39. The van der Waals surface area contributed by atoms with Crippen molar-refractivity contribution < 1.29 is 19.1 Å². The van der Waals surface area contributed by atoms with Crippen molar-refractivity contribution in [1.29, 1.82) is 0 Å². The second-order valence-corrected chi connectivity index (χ2v) is 7.62. The Hall–Kier alpha value is -2.08. The number of halogens is 1. The number of nitrogens with zero attached hydrogens (tertiary/aromatic N) is 2. The number of hydrogen-bond donors (Lipinski definition) is 0. The van der Waals surface area contributed by atoms with Gasteiger partial charge in [0, 0.05) is 36.8 Å². The van der Waals surface area contributed by atoms with Gasteiger partial charge in [-0.3, -0.25) is 14.4 Å². The average molecular weight is 393 g/mol.